The smallest absolute Gasteiger partial charge is 0.329 e. The number of carbonyl (C=O) groups excluding carboxylic acids is 2. The summed E-state index contributed by atoms with van der Waals surface area (Å²) < 4.78 is 16.0. The Morgan fingerprint density at radius 2 is 1.84 bits per heavy atom. The Bertz CT molecular complexity index is 773. The summed E-state index contributed by atoms with van der Waals surface area (Å²) in [5.41, 5.74) is 0.725. The predicted octanol–water partition coefficient (Wildman–Crippen LogP) is 2.16. The van der Waals surface area contributed by atoms with Gasteiger partial charge in [0.1, 0.15) is 4.99 Å². The number of carbonyl (C=O) groups is 2. The third-order valence-electron chi connectivity index (χ3n) is 3.53. The van der Waals surface area contributed by atoms with E-state index in [0.29, 0.717) is 22.8 Å². The van der Waals surface area contributed by atoms with Gasteiger partial charge >= 0.3 is 6.03 Å². The molecule has 0 atom stereocenters. The van der Waals surface area contributed by atoms with Crippen LogP contribution in [0.3, 0.4) is 0 Å². The first-order valence-corrected chi connectivity index (χ1v) is 7.68. The molecule has 0 aromatic heterocycles. The third kappa shape index (κ3) is 3.48. The number of hydrogen-bond donors (Lipinski definition) is 1. The van der Waals surface area contributed by atoms with Gasteiger partial charge in [-0.15, -0.1) is 6.58 Å². The van der Waals surface area contributed by atoms with Crippen LogP contribution in [0.1, 0.15) is 5.56 Å². The SMILES string of the molecule is C=CCN1C(=O)NC(=O)C(=Cc2ccc(OC)c(OC)c2OC)C1=S. The zero-order valence-corrected chi connectivity index (χ0v) is 14.9. The van der Waals surface area contributed by atoms with E-state index in [0.717, 1.165) is 0 Å². The molecule has 0 bridgehead atoms. The van der Waals surface area contributed by atoms with Crippen LogP contribution in [-0.2, 0) is 4.79 Å². The van der Waals surface area contributed by atoms with Crippen LogP contribution in [0, 0.1) is 0 Å². The van der Waals surface area contributed by atoms with Crippen molar-refractivity contribution in [2.75, 3.05) is 27.9 Å². The molecule has 1 aliphatic heterocycles. The maximum absolute atomic E-state index is 12.2. The molecule has 1 aliphatic rings. The molecule has 1 saturated heterocycles. The summed E-state index contributed by atoms with van der Waals surface area (Å²) in [7, 11) is 4.48. The third-order valence-corrected chi connectivity index (χ3v) is 3.97. The number of benzene rings is 1. The van der Waals surface area contributed by atoms with Crippen molar-refractivity contribution < 1.29 is 23.8 Å². The molecule has 1 aromatic rings. The minimum absolute atomic E-state index is 0.116. The molecule has 132 valence electrons. The fourth-order valence-corrected chi connectivity index (χ4v) is 2.69. The van der Waals surface area contributed by atoms with Crippen molar-refractivity contribution >= 4 is 35.2 Å². The Labute approximate surface area is 150 Å². The van der Waals surface area contributed by atoms with Gasteiger partial charge in [-0.3, -0.25) is 15.0 Å². The minimum Gasteiger partial charge on any atom is -0.493 e. The molecule has 0 radical (unpaired) electrons. The number of nitrogens with one attached hydrogen (secondary N) is 1. The normalized spacial score (nSPS) is 15.9. The van der Waals surface area contributed by atoms with Crippen LogP contribution in [0.25, 0.3) is 6.08 Å². The summed E-state index contributed by atoms with van der Waals surface area (Å²) >= 11 is 5.29. The highest BCUT2D eigenvalue weighted by Crippen LogP contribution is 2.40. The van der Waals surface area contributed by atoms with Gasteiger partial charge in [0.2, 0.25) is 5.75 Å². The first kappa shape index (κ1) is 18.5. The minimum atomic E-state index is -0.577. The van der Waals surface area contributed by atoms with Gasteiger partial charge in [0.25, 0.3) is 5.91 Å². The van der Waals surface area contributed by atoms with Gasteiger partial charge in [-0.05, 0) is 18.2 Å². The molecular weight excluding hydrogens is 344 g/mol. The van der Waals surface area contributed by atoms with Gasteiger partial charge in [-0.2, -0.15) is 0 Å². The second-order valence-corrected chi connectivity index (χ2v) is 5.33. The second kappa shape index (κ2) is 7.80. The zero-order chi connectivity index (χ0) is 18.6. The molecule has 1 heterocycles. The van der Waals surface area contributed by atoms with Gasteiger partial charge in [0, 0.05) is 12.1 Å². The van der Waals surface area contributed by atoms with Crippen LogP contribution in [0.15, 0.2) is 30.4 Å². The van der Waals surface area contributed by atoms with Crippen molar-refractivity contribution in [2.45, 2.75) is 0 Å². The number of urea groups is 1. The van der Waals surface area contributed by atoms with E-state index in [4.69, 9.17) is 26.4 Å². The van der Waals surface area contributed by atoms with Gasteiger partial charge in [0.05, 0.1) is 26.9 Å². The number of imide groups is 1. The van der Waals surface area contributed by atoms with Crippen LogP contribution < -0.4 is 19.5 Å². The predicted molar refractivity (Wildman–Crippen MR) is 97.1 cm³/mol. The Morgan fingerprint density at radius 1 is 1.16 bits per heavy atom. The quantitative estimate of drug-likeness (QED) is 0.475. The lowest BCUT2D eigenvalue weighted by molar-refractivity contribution is -0.116. The molecule has 1 fully saturated rings. The number of hydrogen-bond acceptors (Lipinski definition) is 6. The van der Waals surface area contributed by atoms with Crippen molar-refractivity contribution in [3.8, 4) is 17.2 Å². The first-order chi connectivity index (χ1) is 12.0. The highest BCUT2D eigenvalue weighted by Gasteiger charge is 2.32. The summed E-state index contributed by atoms with van der Waals surface area (Å²) in [5.74, 6) is 0.686. The molecule has 1 aromatic carbocycles. The molecule has 25 heavy (non-hydrogen) atoms. The van der Waals surface area contributed by atoms with E-state index in [1.165, 1.54) is 32.3 Å². The van der Waals surface area contributed by atoms with E-state index in [1.54, 1.807) is 18.2 Å². The lowest BCUT2D eigenvalue weighted by Crippen LogP contribution is -2.53. The van der Waals surface area contributed by atoms with Gasteiger partial charge in [-0.1, -0.05) is 18.3 Å². The van der Waals surface area contributed by atoms with Crippen molar-refractivity contribution in [1.29, 1.82) is 0 Å². The maximum atomic E-state index is 12.2. The Morgan fingerprint density at radius 3 is 2.40 bits per heavy atom. The number of nitrogens with zero attached hydrogens (tertiary/aromatic N) is 1. The number of thiocarbonyl (C=S) groups is 1. The fourth-order valence-electron chi connectivity index (χ4n) is 2.38. The molecule has 1 N–H and O–H groups in total. The van der Waals surface area contributed by atoms with E-state index in [9.17, 15) is 9.59 Å². The van der Waals surface area contributed by atoms with E-state index in [2.05, 4.69) is 11.9 Å². The number of rotatable bonds is 6. The van der Waals surface area contributed by atoms with E-state index < -0.39 is 11.9 Å². The van der Waals surface area contributed by atoms with Crippen LogP contribution in [-0.4, -0.2) is 49.7 Å². The standard InChI is InChI=1S/C17H18N2O5S/c1-5-8-19-16(25)11(15(20)18-17(19)21)9-10-6-7-12(22-2)14(24-4)13(10)23-3/h5-7,9H,1,8H2,2-4H3,(H,18,20,21). The largest absolute Gasteiger partial charge is 0.493 e. The summed E-state index contributed by atoms with van der Waals surface area (Å²) in [6, 6.07) is 2.81. The number of ether oxygens (including phenoxy) is 3. The lowest BCUT2D eigenvalue weighted by Gasteiger charge is -2.28. The lowest BCUT2D eigenvalue weighted by atomic mass is 10.1. The second-order valence-electron chi connectivity index (χ2n) is 4.95. The number of methoxy groups -OCH3 is 3. The monoisotopic (exact) mass is 362 g/mol. The molecule has 3 amide bonds. The van der Waals surface area contributed by atoms with Crippen molar-refractivity contribution in [3.63, 3.8) is 0 Å². The van der Waals surface area contributed by atoms with E-state index >= 15 is 0 Å². The van der Waals surface area contributed by atoms with Gasteiger partial charge < -0.3 is 14.2 Å². The van der Waals surface area contributed by atoms with E-state index in [-0.39, 0.29) is 17.1 Å². The van der Waals surface area contributed by atoms with E-state index in [1.807, 2.05) is 0 Å². The van der Waals surface area contributed by atoms with Crippen molar-refractivity contribution in [3.05, 3.63) is 35.9 Å². The van der Waals surface area contributed by atoms with Crippen LogP contribution >= 0.6 is 12.2 Å². The Hall–Kier alpha value is -2.87. The molecule has 8 heteroatoms. The molecule has 0 spiro atoms. The maximum Gasteiger partial charge on any atom is 0.329 e. The Kier molecular flexibility index (Phi) is 5.76. The number of amides is 3. The summed E-state index contributed by atoms with van der Waals surface area (Å²) in [6.07, 6.45) is 3.07. The molecule has 0 aliphatic carbocycles. The van der Waals surface area contributed by atoms with Gasteiger partial charge in [-0.25, -0.2) is 4.79 Å². The highest BCUT2D eigenvalue weighted by molar-refractivity contribution is 7.81. The van der Waals surface area contributed by atoms with Crippen LogP contribution in [0.5, 0.6) is 17.2 Å². The summed E-state index contributed by atoms with van der Waals surface area (Å²) in [6.45, 7) is 3.78. The average molecular weight is 362 g/mol. The van der Waals surface area contributed by atoms with Gasteiger partial charge in [0.15, 0.2) is 11.5 Å². The zero-order valence-electron chi connectivity index (χ0n) is 14.1. The van der Waals surface area contributed by atoms with Crippen molar-refractivity contribution in [2.24, 2.45) is 0 Å². The topological polar surface area (TPSA) is 77.1 Å². The summed E-state index contributed by atoms with van der Waals surface area (Å²) in [4.78, 5) is 25.5. The first-order valence-electron chi connectivity index (χ1n) is 7.27. The molecule has 0 unspecified atom stereocenters. The fraction of sp³-hybridized carbons (Fsp3) is 0.235. The molecular formula is C17H18N2O5S. The molecule has 0 saturated carbocycles. The van der Waals surface area contributed by atoms with Crippen LogP contribution in [0.2, 0.25) is 0 Å². The van der Waals surface area contributed by atoms with Crippen molar-refractivity contribution in [1.82, 2.24) is 10.2 Å². The van der Waals surface area contributed by atoms with Crippen LogP contribution in [0.4, 0.5) is 4.79 Å². The summed E-state index contributed by atoms with van der Waals surface area (Å²) in [5, 5.41) is 2.25. The molecule has 7 nitrogen and oxygen atoms in total. The average Bonchev–Trinajstić information content (AvgIpc) is 2.61. The highest BCUT2D eigenvalue weighted by atomic mass is 32.1. The molecule has 2 rings (SSSR count). The Balaban J connectivity index is 2.54.